The lowest BCUT2D eigenvalue weighted by Crippen LogP contribution is -2.42. The quantitative estimate of drug-likeness (QED) is 0.643. The number of sulfonamides is 1. The van der Waals surface area contributed by atoms with Crippen molar-refractivity contribution in [2.45, 2.75) is 25.3 Å². The van der Waals surface area contributed by atoms with Gasteiger partial charge in [0.1, 0.15) is 0 Å². The summed E-state index contributed by atoms with van der Waals surface area (Å²) in [5, 5.41) is 0. The zero-order valence-corrected chi connectivity index (χ0v) is 10.9. The zero-order valence-electron chi connectivity index (χ0n) is 10.1. The number of benzene rings is 1. The SMILES string of the molecule is CC(NS(=O)(=O)Cc1cccc(CN)c1)C(N)=O. The Labute approximate surface area is 106 Å². The molecule has 1 rings (SSSR count). The molecule has 1 amide bonds. The second-order valence-corrected chi connectivity index (χ2v) is 5.78. The summed E-state index contributed by atoms with van der Waals surface area (Å²) >= 11 is 0. The van der Waals surface area contributed by atoms with Gasteiger partial charge in [-0.15, -0.1) is 0 Å². The molecule has 1 aromatic carbocycles. The first-order chi connectivity index (χ1) is 8.34. The Morgan fingerprint density at radius 3 is 2.56 bits per heavy atom. The molecule has 0 heterocycles. The fourth-order valence-corrected chi connectivity index (χ4v) is 2.79. The summed E-state index contributed by atoms with van der Waals surface area (Å²) in [6.45, 7) is 1.75. The van der Waals surface area contributed by atoms with Gasteiger partial charge in [0.2, 0.25) is 15.9 Å². The average Bonchev–Trinajstić information content (AvgIpc) is 2.27. The predicted octanol–water partition coefficient (Wildman–Crippen LogP) is -0.561. The number of carbonyl (C=O) groups excluding carboxylic acids is 1. The number of nitrogens with one attached hydrogen (secondary N) is 1. The highest BCUT2D eigenvalue weighted by Gasteiger charge is 2.18. The van der Waals surface area contributed by atoms with E-state index in [1.807, 2.05) is 6.07 Å². The molecule has 1 atom stereocenters. The van der Waals surface area contributed by atoms with E-state index in [1.165, 1.54) is 6.92 Å². The molecule has 0 aromatic heterocycles. The van der Waals surface area contributed by atoms with Crippen LogP contribution in [0.3, 0.4) is 0 Å². The van der Waals surface area contributed by atoms with Crippen LogP contribution in [0.25, 0.3) is 0 Å². The zero-order chi connectivity index (χ0) is 13.8. The molecule has 0 spiro atoms. The monoisotopic (exact) mass is 271 g/mol. The van der Waals surface area contributed by atoms with Crippen LogP contribution in [-0.2, 0) is 27.1 Å². The molecule has 0 saturated carbocycles. The van der Waals surface area contributed by atoms with Crippen molar-refractivity contribution in [3.63, 3.8) is 0 Å². The van der Waals surface area contributed by atoms with Gasteiger partial charge in [-0.05, 0) is 18.1 Å². The number of amides is 1. The van der Waals surface area contributed by atoms with Gasteiger partial charge in [0.05, 0.1) is 11.8 Å². The van der Waals surface area contributed by atoms with Crippen molar-refractivity contribution in [3.8, 4) is 0 Å². The molecule has 1 unspecified atom stereocenters. The standard InChI is InChI=1S/C11H17N3O3S/c1-8(11(13)15)14-18(16,17)7-10-4-2-3-9(5-10)6-12/h2-5,8,14H,6-7,12H2,1H3,(H2,13,15). The van der Waals surface area contributed by atoms with Gasteiger partial charge >= 0.3 is 0 Å². The van der Waals surface area contributed by atoms with Crippen molar-refractivity contribution in [3.05, 3.63) is 35.4 Å². The molecule has 18 heavy (non-hydrogen) atoms. The minimum atomic E-state index is -3.60. The van der Waals surface area contributed by atoms with Gasteiger partial charge in [0, 0.05) is 6.54 Å². The average molecular weight is 271 g/mol. The first-order valence-electron chi connectivity index (χ1n) is 5.41. The van der Waals surface area contributed by atoms with Crippen LogP contribution in [0.15, 0.2) is 24.3 Å². The number of primary amides is 1. The molecule has 0 saturated heterocycles. The number of rotatable bonds is 6. The predicted molar refractivity (Wildman–Crippen MR) is 68.7 cm³/mol. The summed E-state index contributed by atoms with van der Waals surface area (Å²) in [5.74, 6) is -0.923. The van der Waals surface area contributed by atoms with Crippen LogP contribution in [0.4, 0.5) is 0 Å². The molecule has 0 radical (unpaired) electrons. The smallest absolute Gasteiger partial charge is 0.235 e. The Bertz CT molecular complexity index is 528. The van der Waals surface area contributed by atoms with Gasteiger partial charge in [0.25, 0.3) is 0 Å². The van der Waals surface area contributed by atoms with Gasteiger partial charge in [-0.25, -0.2) is 13.1 Å². The second-order valence-electron chi connectivity index (χ2n) is 4.03. The summed E-state index contributed by atoms with van der Waals surface area (Å²) in [4.78, 5) is 10.8. The summed E-state index contributed by atoms with van der Waals surface area (Å²) < 4.78 is 25.7. The number of hydrogen-bond donors (Lipinski definition) is 3. The van der Waals surface area contributed by atoms with Gasteiger partial charge in [0.15, 0.2) is 0 Å². The van der Waals surface area contributed by atoms with Crippen LogP contribution in [0.1, 0.15) is 18.1 Å². The molecule has 0 bridgehead atoms. The summed E-state index contributed by atoms with van der Waals surface area (Å²) in [5.41, 5.74) is 11.9. The molecule has 1 aromatic rings. The van der Waals surface area contributed by atoms with Gasteiger partial charge < -0.3 is 11.5 Å². The molecule has 6 nitrogen and oxygen atoms in total. The Kier molecular flexibility index (Phi) is 4.83. The Hall–Kier alpha value is -1.44. The normalized spacial score (nSPS) is 13.2. The number of nitrogens with two attached hydrogens (primary N) is 2. The highest BCUT2D eigenvalue weighted by Crippen LogP contribution is 2.08. The van der Waals surface area contributed by atoms with Crippen molar-refractivity contribution in [2.24, 2.45) is 11.5 Å². The Balaban J connectivity index is 2.79. The van der Waals surface area contributed by atoms with E-state index >= 15 is 0 Å². The van der Waals surface area contributed by atoms with Crippen molar-refractivity contribution in [1.82, 2.24) is 4.72 Å². The van der Waals surface area contributed by atoms with E-state index in [0.717, 1.165) is 5.56 Å². The van der Waals surface area contributed by atoms with E-state index in [9.17, 15) is 13.2 Å². The lowest BCUT2D eigenvalue weighted by Gasteiger charge is -2.11. The van der Waals surface area contributed by atoms with Crippen molar-refractivity contribution in [1.29, 1.82) is 0 Å². The molecule has 0 aliphatic carbocycles. The maximum Gasteiger partial charge on any atom is 0.235 e. The lowest BCUT2D eigenvalue weighted by atomic mass is 10.1. The van der Waals surface area contributed by atoms with E-state index in [2.05, 4.69) is 4.72 Å². The van der Waals surface area contributed by atoms with E-state index in [-0.39, 0.29) is 5.75 Å². The molecule has 5 N–H and O–H groups in total. The van der Waals surface area contributed by atoms with Crippen LogP contribution in [0, 0.1) is 0 Å². The second kappa shape index (κ2) is 5.94. The minimum Gasteiger partial charge on any atom is -0.368 e. The minimum absolute atomic E-state index is 0.210. The van der Waals surface area contributed by atoms with E-state index in [4.69, 9.17) is 11.5 Å². The lowest BCUT2D eigenvalue weighted by molar-refractivity contribution is -0.119. The third kappa shape index (κ3) is 4.44. The summed E-state index contributed by atoms with van der Waals surface area (Å²) in [6, 6.07) is 6.04. The van der Waals surface area contributed by atoms with Gasteiger partial charge in [-0.3, -0.25) is 4.79 Å². The molecular formula is C11H17N3O3S. The molecule has 100 valence electrons. The fraction of sp³-hybridized carbons (Fsp3) is 0.364. The maximum atomic E-state index is 11.8. The Morgan fingerprint density at radius 2 is 2.00 bits per heavy atom. The van der Waals surface area contributed by atoms with Crippen molar-refractivity contribution >= 4 is 15.9 Å². The van der Waals surface area contributed by atoms with Crippen molar-refractivity contribution < 1.29 is 13.2 Å². The highest BCUT2D eigenvalue weighted by molar-refractivity contribution is 7.88. The summed E-state index contributed by atoms with van der Waals surface area (Å²) in [7, 11) is -3.60. The third-order valence-corrected chi connectivity index (χ3v) is 3.79. The summed E-state index contributed by atoms with van der Waals surface area (Å²) in [6.07, 6.45) is 0. The van der Waals surface area contributed by atoms with Crippen LogP contribution >= 0.6 is 0 Å². The first-order valence-corrected chi connectivity index (χ1v) is 7.06. The Morgan fingerprint density at radius 1 is 1.39 bits per heavy atom. The number of hydrogen-bond acceptors (Lipinski definition) is 4. The third-order valence-electron chi connectivity index (χ3n) is 2.37. The van der Waals surface area contributed by atoms with E-state index < -0.39 is 22.0 Å². The highest BCUT2D eigenvalue weighted by atomic mass is 32.2. The molecule has 0 fully saturated rings. The molecule has 0 aliphatic rings. The number of carbonyl (C=O) groups is 1. The molecule has 7 heteroatoms. The van der Waals surface area contributed by atoms with Crippen LogP contribution in [0.5, 0.6) is 0 Å². The van der Waals surface area contributed by atoms with Gasteiger partial charge in [-0.2, -0.15) is 0 Å². The van der Waals surface area contributed by atoms with E-state index in [0.29, 0.717) is 12.1 Å². The largest absolute Gasteiger partial charge is 0.368 e. The fourth-order valence-electron chi connectivity index (χ4n) is 1.43. The van der Waals surface area contributed by atoms with E-state index in [1.54, 1.807) is 18.2 Å². The van der Waals surface area contributed by atoms with Gasteiger partial charge in [-0.1, -0.05) is 24.3 Å². The first kappa shape index (κ1) is 14.6. The molecular weight excluding hydrogens is 254 g/mol. The van der Waals surface area contributed by atoms with Crippen LogP contribution < -0.4 is 16.2 Å². The van der Waals surface area contributed by atoms with Crippen LogP contribution in [-0.4, -0.2) is 20.4 Å². The maximum absolute atomic E-state index is 11.8. The molecule has 0 aliphatic heterocycles. The van der Waals surface area contributed by atoms with Crippen LogP contribution in [0.2, 0.25) is 0 Å². The van der Waals surface area contributed by atoms with Crippen molar-refractivity contribution in [2.75, 3.05) is 0 Å². The topological polar surface area (TPSA) is 115 Å².